The summed E-state index contributed by atoms with van der Waals surface area (Å²) in [7, 11) is 3.80. The lowest BCUT2D eigenvalue weighted by Crippen LogP contribution is -2.44. The first-order valence-corrected chi connectivity index (χ1v) is 5.75. The minimum Gasteiger partial charge on any atom is -0.376 e. The number of methoxy groups -OCH3 is 1. The second kappa shape index (κ2) is 4.00. The number of rotatable bonds is 4. The van der Waals surface area contributed by atoms with Crippen molar-refractivity contribution in [1.29, 1.82) is 0 Å². The smallest absolute Gasteiger partial charge is 0.191 e. The third-order valence-electron chi connectivity index (χ3n) is 3.68. The molecule has 0 heterocycles. The van der Waals surface area contributed by atoms with Gasteiger partial charge < -0.3 is 15.4 Å². The minimum absolute atomic E-state index is 0.00495. The summed E-state index contributed by atoms with van der Waals surface area (Å²) in [6.07, 6.45) is 5.99. The largest absolute Gasteiger partial charge is 0.376 e. The maximum Gasteiger partial charge on any atom is 0.191 e. The Morgan fingerprint density at radius 2 is 2.20 bits per heavy atom. The topological polar surface area (TPSA) is 50.9 Å². The van der Waals surface area contributed by atoms with E-state index in [1.54, 1.807) is 7.11 Å². The summed E-state index contributed by atoms with van der Waals surface area (Å²) in [6, 6.07) is 0.633. The Kier molecular flexibility index (Phi) is 2.87. The quantitative estimate of drug-likeness (QED) is 0.557. The molecule has 2 aliphatic carbocycles. The first-order chi connectivity index (χ1) is 7.17. The van der Waals surface area contributed by atoms with Crippen LogP contribution in [0.4, 0.5) is 0 Å². The average Bonchev–Trinajstić information content (AvgIpc) is 2.98. The molecule has 0 bridgehead atoms. The lowest BCUT2D eigenvalue weighted by atomic mass is 9.80. The summed E-state index contributed by atoms with van der Waals surface area (Å²) in [5.41, 5.74) is 5.91. The van der Waals surface area contributed by atoms with Crippen molar-refractivity contribution in [2.75, 3.05) is 20.7 Å². The zero-order chi connectivity index (χ0) is 10.9. The summed E-state index contributed by atoms with van der Waals surface area (Å²) in [5.74, 6) is 0.667. The van der Waals surface area contributed by atoms with Crippen LogP contribution in [0.2, 0.25) is 0 Å². The second-order valence-electron chi connectivity index (χ2n) is 4.76. The molecule has 0 radical (unpaired) electrons. The fourth-order valence-electron chi connectivity index (χ4n) is 1.98. The molecule has 0 aromatic heterocycles. The van der Waals surface area contributed by atoms with Crippen LogP contribution in [0.5, 0.6) is 0 Å². The Morgan fingerprint density at radius 1 is 1.53 bits per heavy atom. The van der Waals surface area contributed by atoms with Crippen molar-refractivity contribution in [3.63, 3.8) is 0 Å². The van der Waals surface area contributed by atoms with Gasteiger partial charge in [-0.25, -0.2) is 0 Å². The van der Waals surface area contributed by atoms with Crippen LogP contribution < -0.4 is 5.73 Å². The van der Waals surface area contributed by atoms with Crippen molar-refractivity contribution in [1.82, 2.24) is 4.90 Å². The van der Waals surface area contributed by atoms with Gasteiger partial charge in [0.2, 0.25) is 0 Å². The highest BCUT2D eigenvalue weighted by Crippen LogP contribution is 2.35. The molecular weight excluding hydrogens is 190 g/mol. The van der Waals surface area contributed by atoms with Crippen molar-refractivity contribution in [2.45, 2.75) is 43.7 Å². The van der Waals surface area contributed by atoms with Gasteiger partial charge in [0.1, 0.15) is 0 Å². The predicted molar refractivity (Wildman–Crippen MR) is 60.9 cm³/mol. The van der Waals surface area contributed by atoms with E-state index >= 15 is 0 Å². The maximum atomic E-state index is 5.92. The molecule has 2 saturated carbocycles. The van der Waals surface area contributed by atoms with Crippen molar-refractivity contribution in [3.8, 4) is 0 Å². The van der Waals surface area contributed by atoms with Gasteiger partial charge in [-0.2, -0.15) is 0 Å². The molecule has 2 N–H and O–H groups in total. The van der Waals surface area contributed by atoms with Gasteiger partial charge in [0, 0.05) is 20.2 Å². The highest BCUT2D eigenvalue weighted by Gasteiger charge is 2.37. The van der Waals surface area contributed by atoms with Crippen LogP contribution >= 0.6 is 0 Å². The van der Waals surface area contributed by atoms with Crippen LogP contribution in [-0.2, 0) is 4.74 Å². The van der Waals surface area contributed by atoms with E-state index in [-0.39, 0.29) is 5.60 Å². The minimum atomic E-state index is -0.00495. The predicted octanol–water partition coefficient (Wildman–Crippen LogP) is 0.964. The van der Waals surface area contributed by atoms with E-state index in [0.29, 0.717) is 18.5 Å². The van der Waals surface area contributed by atoms with Gasteiger partial charge >= 0.3 is 0 Å². The lowest BCUT2D eigenvalue weighted by Gasteiger charge is -2.39. The van der Waals surface area contributed by atoms with Gasteiger partial charge in [-0.15, -0.1) is 0 Å². The normalized spacial score (nSPS) is 24.8. The molecule has 0 unspecified atom stereocenters. The summed E-state index contributed by atoms with van der Waals surface area (Å²) >= 11 is 0. The van der Waals surface area contributed by atoms with E-state index in [1.807, 2.05) is 7.05 Å². The van der Waals surface area contributed by atoms with Crippen LogP contribution in [0, 0.1) is 0 Å². The highest BCUT2D eigenvalue weighted by molar-refractivity contribution is 5.78. The Labute approximate surface area is 91.5 Å². The number of guanidine groups is 1. The van der Waals surface area contributed by atoms with Crippen molar-refractivity contribution in [2.24, 2.45) is 10.7 Å². The van der Waals surface area contributed by atoms with Crippen LogP contribution in [0.1, 0.15) is 32.1 Å². The van der Waals surface area contributed by atoms with Gasteiger partial charge in [0.15, 0.2) is 5.96 Å². The molecule has 0 aromatic carbocycles. The van der Waals surface area contributed by atoms with Crippen LogP contribution in [0.15, 0.2) is 4.99 Å². The summed E-state index contributed by atoms with van der Waals surface area (Å²) in [5, 5.41) is 0. The number of aliphatic imine (C=N–C) groups is 1. The first kappa shape index (κ1) is 10.7. The number of hydrogen-bond donors (Lipinski definition) is 1. The molecular formula is C11H21N3O. The molecule has 0 atom stereocenters. The number of nitrogens with two attached hydrogens (primary N) is 1. The third-order valence-corrected chi connectivity index (χ3v) is 3.68. The lowest BCUT2D eigenvalue weighted by molar-refractivity contribution is -0.0630. The zero-order valence-corrected chi connectivity index (χ0v) is 9.70. The van der Waals surface area contributed by atoms with Crippen LogP contribution in [0.3, 0.4) is 0 Å². The van der Waals surface area contributed by atoms with Crippen molar-refractivity contribution in [3.05, 3.63) is 0 Å². The fourth-order valence-corrected chi connectivity index (χ4v) is 1.98. The Hall–Kier alpha value is -0.770. The van der Waals surface area contributed by atoms with E-state index < -0.39 is 0 Å². The molecule has 86 valence electrons. The zero-order valence-electron chi connectivity index (χ0n) is 9.70. The molecule has 0 amide bonds. The molecule has 4 heteroatoms. The Balaban J connectivity index is 1.86. The van der Waals surface area contributed by atoms with E-state index in [4.69, 9.17) is 10.5 Å². The molecule has 2 aliphatic rings. The Morgan fingerprint density at radius 3 is 2.60 bits per heavy atom. The molecule has 0 aliphatic heterocycles. The molecule has 4 nitrogen and oxygen atoms in total. The molecule has 0 spiro atoms. The van der Waals surface area contributed by atoms with E-state index in [1.165, 1.54) is 19.3 Å². The average molecular weight is 211 g/mol. The highest BCUT2D eigenvalue weighted by atomic mass is 16.5. The molecule has 2 rings (SSSR count). The second-order valence-corrected chi connectivity index (χ2v) is 4.76. The number of nitrogens with zero attached hydrogens (tertiary/aromatic N) is 2. The van der Waals surface area contributed by atoms with Gasteiger partial charge in [-0.3, -0.25) is 4.99 Å². The van der Waals surface area contributed by atoms with Gasteiger partial charge in [0.25, 0.3) is 0 Å². The Bertz CT molecular complexity index is 251. The maximum absolute atomic E-state index is 5.92. The molecule has 0 aromatic rings. The fraction of sp³-hybridized carbons (Fsp3) is 0.909. The van der Waals surface area contributed by atoms with E-state index in [2.05, 4.69) is 9.89 Å². The number of hydrogen-bond acceptors (Lipinski definition) is 2. The molecule has 15 heavy (non-hydrogen) atoms. The van der Waals surface area contributed by atoms with Crippen molar-refractivity contribution >= 4 is 5.96 Å². The third kappa shape index (κ3) is 2.25. The van der Waals surface area contributed by atoms with Gasteiger partial charge in [0.05, 0.1) is 12.1 Å². The van der Waals surface area contributed by atoms with Gasteiger partial charge in [-0.05, 0) is 32.1 Å². The SMILES string of the molecule is COC1(CN=C(N)N(C)C2CC2)CCC1. The van der Waals surface area contributed by atoms with Crippen LogP contribution in [0.25, 0.3) is 0 Å². The van der Waals surface area contributed by atoms with Crippen LogP contribution in [-0.4, -0.2) is 43.2 Å². The summed E-state index contributed by atoms with van der Waals surface area (Å²) in [6.45, 7) is 0.715. The van der Waals surface area contributed by atoms with E-state index in [9.17, 15) is 0 Å². The first-order valence-electron chi connectivity index (χ1n) is 5.75. The molecule has 0 saturated heterocycles. The van der Waals surface area contributed by atoms with E-state index in [0.717, 1.165) is 12.8 Å². The molecule has 2 fully saturated rings. The summed E-state index contributed by atoms with van der Waals surface area (Å²) in [4.78, 5) is 6.53. The number of ether oxygens (including phenoxy) is 1. The monoisotopic (exact) mass is 211 g/mol. The summed E-state index contributed by atoms with van der Waals surface area (Å²) < 4.78 is 5.50. The van der Waals surface area contributed by atoms with Gasteiger partial charge in [-0.1, -0.05) is 0 Å². The van der Waals surface area contributed by atoms with Crippen molar-refractivity contribution < 1.29 is 4.74 Å². The standard InChI is InChI=1S/C11H21N3O/c1-14(9-4-5-9)10(12)13-8-11(15-2)6-3-7-11/h9H,3-8H2,1-2H3,(H2,12,13).